The van der Waals surface area contributed by atoms with Crippen molar-refractivity contribution in [1.82, 2.24) is 14.4 Å². The highest BCUT2D eigenvalue weighted by atomic mass is 19.4. The zero-order valence-electron chi connectivity index (χ0n) is 18.4. The van der Waals surface area contributed by atoms with Gasteiger partial charge in [0.25, 0.3) is 11.5 Å². The largest absolute Gasteiger partial charge is 0.416 e. The van der Waals surface area contributed by atoms with Gasteiger partial charge in [-0.2, -0.15) is 13.2 Å². The van der Waals surface area contributed by atoms with Crippen molar-refractivity contribution in [3.8, 4) is 11.3 Å². The summed E-state index contributed by atoms with van der Waals surface area (Å²) in [5, 5.41) is 0. The average Bonchev–Trinajstić information content (AvgIpc) is 3.31. The lowest BCUT2D eigenvalue weighted by Crippen LogP contribution is -2.47. The van der Waals surface area contributed by atoms with E-state index in [9.17, 15) is 22.8 Å². The third-order valence-electron chi connectivity index (χ3n) is 6.74. The molecule has 0 radical (unpaired) electrons. The van der Waals surface area contributed by atoms with Gasteiger partial charge in [-0.3, -0.25) is 9.59 Å². The summed E-state index contributed by atoms with van der Waals surface area (Å²) in [7, 11) is 1.49. The van der Waals surface area contributed by atoms with E-state index in [2.05, 4.69) is 4.90 Å². The van der Waals surface area contributed by atoms with Crippen LogP contribution in [-0.2, 0) is 13.2 Å². The van der Waals surface area contributed by atoms with E-state index in [-0.39, 0.29) is 17.0 Å². The Morgan fingerprint density at radius 3 is 2.31 bits per heavy atom. The predicted octanol–water partition coefficient (Wildman–Crippen LogP) is 4.08. The molecule has 172 valence electrons. The van der Waals surface area contributed by atoms with Gasteiger partial charge in [-0.25, -0.2) is 0 Å². The number of rotatable bonds is 3. The zero-order chi connectivity index (χ0) is 23.0. The van der Waals surface area contributed by atoms with Crippen LogP contribution in [0.4, 0.5) is 13.2 Å². The second kappa shape index (κ2) is 8.73. The second-order valence-corrected chi connectivity index (χ2v) is 8.80. The van der Waals surface area contributed by atoms with Gasteiger partial charge in [0.15, 0.2) is 0 Å². The Morgan fingerprint density at radius 1 is 1.03 bits per heavy atom. The van der Waals surface area contributed by atoms with Crippen LogP contribution >= 0.6 is 0 Å². The van der Waals surface area contributed by atoms with Gasteiger partial charge >= 0.3 is 6.18 Å². The quantitative estimate of drug-likeness (QED) is 0.712. The number of halogens is 3. The molecule has 1 aromatic carbocycles. The number of aryl methyl sites for hydroxylation is 1. The molecule has 0 spiro atoms. The van der Waals surface area contributed by atoms with Crippen molar-refractivity contribution in [2.24, 2.45) is 7.05 Å². The number of pyridine rings is 1. The first-order valence-electron chi connectivity index (χ1n) is 11.1. The summed E-state index contributed by atoms with van der Waals surface area (Å²) in [5.41, 5.74) is -0.0453. The first kappa shape index (κ1) is 22.6. The van der Waals surface area contributed by atoms with Crippen LogP contribution in [0.5, 0.6) is 0 Å². The fourth-order valence-corrected chi connectivity index (χ4v) is 4.91. The van der Waals surface area contributed by atoms with E-state index in [1.807, 2.05) is 0 Å². The van der Waals surface area contributed by atoms with Crippen LogP contribution in [0.15, 0.2) is 35.1 Å². The number of hydrogen-bond acceptors (Lipinski definition) is 3. The molecule has 2 fully saturated rings. The third kappa shape index (κ3) is 4.33. The molecule has 4 rings (SSSR count). The Balaban J connectivity index is 1.58. The van der Waals surface area contributed by atoms with Crippen LogP contribution in [0, 0.1) is 6.92 Å². The highest BCUT2D eigenvalue weighted by molar-refractivity contribution is 5.95. The molecule has 2 aliphatic heterocycles. The molecule has 1 amide bonds. The minimum Gasteiger partial charge on any atom is -0.338 e. The van der Waals surface area contributed by atoms with E-state index in [4.69, 9.17) is 0 Å². The number of piperidine rings is 1. The van der Waals surface area contributed by atoms with Gasteiger partial charge in [0.05, 0.1) is 11.3 Å². The van der Waals surface area contributed by atoms with Gasteiger partial charge in [0, 0.05) is 26.2 Å². The topological polar surface area (TPSA) is 45.6 Å². The van der Waals surface area contributed by atoms with Gasteiger partial charge in [-0.05, 0) is 75.0 Å². The van der Waals surface area contributed by atoms with Gasteiger partial charge in [0.2, 0.25) is 0 Å². The Bertz CT molecular complexity index is 1060. The Labute approximate surface area is 185 Å². The molecule has 0 N–H and O–H groups in total. The highest BCUT2D eigenvalue weighted by Crippen LogP contribution is 2.32. The normalized spacial score (nSPS) is 18.3. The number of nitrogens with zero attached hydrogens (tertiary/aromatic N) is 3. The highest BCUT2D eigenvalue weighted by Gasteiger charge is 2.32. The van der Waals surface area contributed by atoms with Crippen molar-refractivity contribution in [2.75, 3.05) is 26.2 Å². The van der Waals surface area contributed by atoms with E-state index in [1.54, 1.807) is 17.9 Å². The van der Waals surface area contributed by atoms with Crippen LogP contribution < -0.4 is 5.56 Å². The lowest BCUT2D eigenvalue weighted by molar-refractivity contribution is -0.137. The number of hydrogen-bond donors (Lipinski definition) is 0. The summed E-state index contributed by atoms with van der Waals surface area (Å²) < 4.78 is 40.6. The summed E-state index contributed by atoms with van der Waals surface area (Å²) in [4.78, 5) is 30.5. The summed E-state index contributed by atoms with van der Waals surface area (Å²) >= 11 is 0. The van der Waals surface area contributed by atoms with E-state index in [1.165, 1.54) is 36.6 Å². The molecule has 3 heterocycles. The fraction of sp³-hybridized carbons (Fsp3) is 0.500. The van der Waals surface area contributed by atoms with E-state index < -0.39 is 17.3 Å². The maximum absolute atomic E-state index is 13.2. The summed E-state index contributed by atoms with van der Waals surface area (Å²) in [5.74, 6) is -0.293. The monoisotopic (exact) mass is 447 g/mol. The summed E-state index contributed by atoms with van der Waals surface area (Å²) in [6.45, 7) is 5.13. The van der Waals surface area contributed by atoms with Crippen LogP contribution in [-0.4, -0.2) is 52.5 Å². The molecular formula is C24H28F3N3O2. The van der Waals surface area contributed by atoms with Crippen molar-refractivity contribution in [2.45, 2.75) is 44.8 Å². The number of alkyl halides is 3. The SMILES string of the molecule is Cc1cc(-c2cccc(C(F)(F)F)c2)n(C)c(=O)c1C(=O)N1CCC(N2CCCC2)CC1. The maximum Gasteiger partial charge on any atom is 0.416 e. The molecule has 5 nitrogen and oxygen atoms in total. The third-order valence-corrected chi connectivity index (χ3v) is 6.74. The molecule has 2 aliphatic rings. The molecule has 0 saturated carbocycles. The smallest absolute Gasteiger partial charge is 0.338 e. The van der Waals surface area contributed by atoms with Gasteiger partial charge in [-0.15, -0.1) is 0 Å². The first-order valence-corrected chi connectivity index (χ1v) is 11.1. The number of carbonyl (C=O) groups is 1. The number of aromatic nitrogens is 1. The second-order valence-electron chi connectivity index (χ2n) is 8.80. The van der Waals surface area contributed by atoms with Crippen LogP contribution in [0.25, 0.3) is 11.3 Å². The van der Waals surface area contributed by atoms with E-state index in [0.717, 1.165) is 38.1 Å². The molecule has 0 atom stereocenters. The number of amides is 1. The van der Waals surface area contributed by atoms with Crippen LogP contribution in [0.2, 0.25) is 0 Å². The standard InChI is InChI=1S/C24H28F3N3O2/c1-16-14-20(17-6-5-7-18(15-17)24(25,26)27)28(2)22(31)21(16)23(32)30-12-8-19(9-13-30)29-10-3-4-11-29/h5-7,14-15,19H,3-4,8-13H2,1-2H3. The predicted molar refractivity (Wildman–Crippen MR) is 117 cm³/mol. The fourth-order valence-electron chi connectivity index (χ4n) is 4.91. The Kier molecular flexibility index (Phi) is 6.16. The molecule has 2 saturated heterocycles. The van der Waals surface area contributed by atoms with Crippen LogP contribution in [0.3, 0.4) is 0 Å². The lowest BCUT2D eigenvalue weighted by atomic mass is 10.00. The van der Waals surface area contributed by atoms with Crippen molar-refractivity contribution < 1.29 is 18.0 Å². The minimum atomic E-state index is -4.47. The summed E-state index contributed by atoms with van der Waals surface area (Å²) in [6, 6.07) is 7.00. The molecule has 0 aliphatic carbocycles. The van der Waals surface area contributed by atoms with Crippen molar-refractivity contribution >= 4 is 5.91 Å². The van der Waals surface area contributed by atoms with Crippen molar-refractivity contribution in [1.29, 1.82) is 0 Å². The molecule has 1 aromatic heterocycles. The minimum absolute atomic E-state index is 0.0999. The average molecular weight is 448 g/mol. The van der Waals surface area contributed by atoms with Gasteiger partial charge in [-0.1, -0.05) is 12.1 Å². The van der Waals surface area contributed by atoms with Crippen molar-refractivity contribution in [3.63, 3.8) is 0 Å². The lowest BCUT2D eigenvalue weighted by Gasteiger charge is -2.36. The molecule has 0 bridgehead atoms. The molecule has 2 aromatic rings. The number of carbonyl (C=O) groups excluding carboxylic acids is 1. The van der Waals surface area contributed by atoms with E-state index in [0.29, 0.717) is 30.4 Å². The zero-order valence-corrected chi connectivity index (χ0v) is 18.4. The Morgan fingerprint density at radius 2 is 1.69 bits per heavy atom. The Hall–Kier alpha value is -2.61. The first-order chi connectivity index (χ1) is 15.2. The maximum atomic E-state index is 13.2. The van der Waals surface area contributed by atoms with Crippen LogP contribution in [0.1, 0.15) is 47.2 Å². The van der Waals surface area contributed by atoms with Gasteiger partial charge < -0.3 is 14.4 Å². The molecule has 32 heavy (non-hydrogen) atoms. The number of benzene rings is 1. The molecular weight excluding hydrogens is 419 g/mol. The molecule has 0 unspecified atom stereocenters. The van der Waals surface area contributed by atoms with Gasteiger partial charge in [0.1, 0.15) is 5.56 Å². The van der Waals surface area contributed by atoms with Crippen molar-refractivity contribution in [3.05, 3.63) is 57.4 Å². The van der Waals surface area contributed by atoms with E-state index >= 15 is 0 Å². The summed E-state index contributed by atoms with van der Waals surface area (Å²) in [6.07, 6.45) is -0.221. The number of likely N-dealkylation sites (tertiary alicyclic amines) is 2. The molecule has 8 heteroatoms.